The maximum atomic E-state index is 13.9. The van der Waals surface area contributed by atoms with Crippen LogP contribution in [0.1, 0.15) is 80.7 Å². The van der Waals surface area contributed by atoms with E-state index in [1.807, 2.05) is 11.0 Å². The minimum Gasteiger partial charge on any atom is -0.453 e. The van der Waals surface area contributed by atoms with Crippen molar-refractivity contribution in [2.45, 2.75) is 95.2 Å². The molecule has 2 unspecified atom stereocenters. The third kappa shape index (κ3) is 7.82. The zero-order valence-corrected chi connectivity index (χ0v) is 33.5. The van der Waals surface area contributed by atoms with E-state index in [1.54, 1.807) is 18.7 Å². The number of H-pyrrole nitrogens is 2. The number of hydrogen-bond acceptors (Lipinski definition) is 9. The van der Waals surface area contributed by atoms with Crippen LogP contribution in [0.2, 0.25) is 0 Å². The van der Waals surface area contributed by atoms with E-state index in [9.17, 15) is 19.2 Å². The zero-order valence-electron chi connectivity index (χ0n) is 33.5. The summed E-state index contributed by atoms with van der Waals surface area (Å²) in [6.07, 6.45) is 3.76. The number of ether oxygens (including phenoxy) is 4. The first-order chi connectivity index (χ1) is 27.6. The Morgan fingerprint density at radius 3 is 1.84 bits per heavy atom. The molecule has 0 bridgehead atoms. The topological polar surface area (TPSA) is 180 Å². The van der Waals surface area contributed by atoms with Crippen LogP contribution in [0.15, 0.2) is 42.5 Å². The Hall–Kier alpha value is -5.41. The van der Waals surface area contributed by atoms with E-state index in [4.69, 9.17) is 23.9 Å². The minimum atomic E-state index is -0.901. The summed E-state index contributed by atoms with van der Waals surface area (Å²) in [7, 11) is 5.57. The number of nitrogens with zero attached hydrogens (tertiary/aromatic N) is 3. The summed E-state index contributed by atoms with van der Waals surface area (Å²) in [5, 5.41) is 5.32. The highest BCUT2D eigenvalue weighted by atomic mass is 16.5. The van der Waals surface area contributed by atoms with Gasteiger partial charge in [0.05, 0.1) is 49.5 Å². The molecule has 1 aliphatic carbocycles. The second kappa shape index (κ2) is 17.0. The Morgan fingerprint density at radius 2 is 1.25 bits per heavy atom. The fourth-order valence-electron chi connectivity index (χ4n) is 8.74. The third-order valence-electron chi connectivity index (χ3n) is 12.0. The molecular weight excluding hydrogens is 731 g/mol. The molecule has 4 heterocycles. The average Bonchev–Trinajstić information content (AvgIpc) is 4.09. The third-order valence-corrected chi connectivity index (χ3v) is 12.0. The first-order valence-electron chi connectivity index (χ1n) is 19.8. The van der Waals surface area contributed by atoms with Crippen molar-refractivity contribution in [3.05, 3.63) is 65.1 Å². The molecule has 2 aliphatic heterocycles. The van der Waals surface area contributed by atoms with Gasteiger partial charge in [0, 0.05) is 38.7 Å². The van der Waals surface area contributed by atoms with Gasteiger partial charge in [0.2, 0.25) is 11.8 Å². The SMILES string of the molecule is COC(=O)NC(C(=O)N1CCC[C@H]1c1nc2ccc(-c3ccc(-c4[nH]c([C@@H]5CCCN5C(=O)[C@@H](NC(=O)OC)C(C)OC)c5c4CCC5)cc3)cc2[nH]1)[C@@H](C)OC. The average molecular weight is 784 g/mol. The molecule has 57 heavy (non-hydrogen) atoms. The number of likely N-dealkylation sites (tertiary alicyclic amines) is 2. The standard InChI is InChI=1S/C42H53N7O8/c1-23(54-3)34(46-41(52)56-5)39(50)48-20-8-12-32(48)37-29-11-7-10-28(29)36(45-37)26-16-14-25(15-17-26)27-18-19-30-31(22-27)44-38(43-30)33-13-9-21-49(33)40(51)35(24(2)55-4)47-42(53)57-6/h14-19,22-24,32-35,45H,7-13,20-21H2,1-6H3,(H,43,44)(H,46,52)(H,47,53)/t23?,24-,32+,33+,34+,35?/m1/s1. The fourth-order valence-corrected chi connectivity index (χ4v) is 8.74. The summed E-state index contributed by atoms with van der Waals surface area (Å²) in [5.74, 6) is 0.275. The largest absolute Gasteiger partial charge is 0.453 e. The van der Waals surface area contributed by atoms with Gasteiger partial charge in [0.15, 0.2) is 0 Å². The number of hydrogen-bond donors (Lipinski definition) is 4. The summed E-state index contributed by atoms with van der Waals surface area (Å²) in [6, 6.07) is 12.5. The number of fused-ring (bicyclic) bond motifs is 2. The first kappa shape index (κ1) is 39.8. The van der Waals surface area contributed by atoms with Gasteiger partial charge in [-0.1, -0.05) is 30.3 Å². The van der Waals surface area contributed by atoms with Crippen LogP contribution in [-0.2, 0) is 41.4 Å². The van der Waals surface area contributed by atoms with Crippen LogP contribution in [0.5, 0.6) is 0 Å². The highest BCUT2D eigenvalue weighted by Crippen LogP contribution is 2.42. The molecule has 2 aromatic heterocycles. The Balaban J connectivity index is 1.10. The number of methoxy groups -OCH3 is 4. The molecule has 2 fully saturated rings. The monoisotopic (exact) mass is 783 g/mol. The van der Waals surface area contributed by atoms with Gasteiger partial charge in [-0.15, -0.1) is 0 Å². The van der Waals surface area contributed by atoms with E-state index in [-0.39, 0.29) is 23.9 Å². The van der Waals surface area contributed by atoms with Crippen LogP contribution >= 0.6 is 0 Å². The van der Waals surface area contributed by atoms with Gasteiger partial charge >= 0.3 is 12.2 Å². The number of carbonyl (C=O) groups excluding carboxylic acids is 4. The van der Waals surface area contributed by atoms with Crippen LogP contribution < -0.4 is 10.6 Å². The molecule has 15 nitrogen and oxygen atoms in total. The number of aromatic amines is 2. The van der Waals surface area contributed by atoms with Gasteiger partial charge in [-0.3, -0.25) is 9.59 Å². The normalized spacial score (nSPS) is 19.9. The highest BCUT2D eigenvalue weighted by Gasteiger charge is 2.41. The molecule has 6 atom stereocenters. The van der Waals surface area contributed by atoms with Crippen LogP contribution in [-0.4, -0.2) is 115 Å². The Bertz CT molecular complexity index is 2110. The Morgan fingerprint density at radius 1 is 0.702 bits per heavy atom. The van der Waals surface area contributed by atoms with Crippen LogP contribution in [0, 0.1) is 0 Å². The van der Waals surface area contributed by atoms with Gasteiger partial charge in [-0.2, -0.15) is 0 Å². The van der Waals surface area contributed by atoms with E-state index in [2.05, 4.69) is 57.0 Å². The van der Waals surface area contributed by atoms with Crippen molar-refractivity contribution in [3.63, 3.8) is 0 Å². The van der Waals surface area contributed by atoms with Crippen molar-refractivity contribution in [1.82, 2.24) is 35.4 Å². The smallest absolute Gasteiger partial charge is 0.407 e. The number of benzene rings is 2. The molecule has 2 saturated heterocycles. The van der Waals surface area contributed by atoms with Crippen molar-refractivity contribution in [3.8, 4) is 22.4 Å². The molecule has 3 aliphatic rings. The molecular formula is C42H53N7O8. The predicted octanol–water partition coefficient (Wildman–Crippen LogP) is 5.56. The van der Waals surface area contributed by atoms with E-state index in [1.165, 1.54) is 39.6 Å². The fraction of sp³-hybridized carbons (Fsp3) is 0.500. The van der Waals surface area contributed by atoms with Gasteiger partial charge in [0.1, 0.15) is 17.9 Å². The van der Waals surface area contributed by atoms with Crippen molar-refractivity contribution < 1.29 is 38.1 Å². The van der Waals surface area contributed by atoms with Gasteiger partial charge < -0.3 is 49.3 Å². The molecule has 0 spiro atoms. The van der Waals surface area contributed by atoms with Crippen LogP contribution in [0.3, 0.4) is 0 Å². The van der Waals surface area contributed by atoms with E-state index in [0.29, 0.717) is 18.9 Å². The quantitative estimate of drug-likeness (QED) is 0.143. The van der Waals surface area contributed by atoms with Crippen LogP contribution in [0.4, 0.5) is 9.59 Å². The summed E-state index contributed by atoms with van der Waals surface area (Å²) in [6.45, 7) is 4.65. The lowest BCUT2D eigenvalue weighted by Gasteiger charge is -2.31. The molecule has 4 amide bonds. The maximum Gasteiger partial charge on any atom is 0.407 e. The predicted molar refractivity (Wildman–Crippen MR) is 212 cm³/mol. The number of amides is 4. The summed E-state index contributed by atoms with van der Waals surface area (Å²) >= 11 is 0. The number of aromatic nitrogens is 3. The van der Waals surface area contributed by atoms with Crippen molar-refractivity contribution in [2.75, 3.05) is 41.5 Å². The number of rotatable bonds is 12. The number of nitrogens with one attached hydrogen (secondary N) is 4. The molecule has 4 N–H and O–H groups in total. The van der Waals surface area contributed by atoms with Crippen molar-refractivity contribution >= 4 is 35.0 Å². The molecule has 304 valence electrons. The van der Waals surface area contributed by atoms with E-state index >= 15 is 0 Å². The molecule has 0 radical (unpaired) electrons. The highest BCUT2D eigenvalue weighted by molar-refractivity contribution is 5.88. The summed E-state index contributed by atoms with van der Waals surface area (Å²) in [5.41, 5.74) is 9.60. The minimum absolute atomic E-state index is 0.129. The van der Waals surface area contributed by atoms with E-state index < -0.39 is 36.5 Å². The lowest BCUT2D eigenvalue weighted by Crippen LogP contribution is -2.54. The second-order valence-corrected chi connectivity index (χ2v) is 15.1. The zero-order chi connectivity index (χ0) is 40.4. The molecule has 0 saturated carbocycles. The Kier molecular flexibility index (Phi) is 11.9. The van der Waals surface area contributed by atoms with Crippen LogP contribution in [0.25, 0.3) is 33.4 Å². The van der Waals surface area contributed by atoms with Crippen molar-refractivity contribution in [2.24, 2.45) is 0 Å². The Labute approximate surface area is 332 Å². The molecule has 15 heteroatoms. The van der Waals surface area contributed by atoms with Gasteiger partial charge in [0.25, 0.3) is 0 Å². The molecule has 2 aromatic carbocycles. The first-order valence-corrected chi connectivity index (χ1v) is 19.8. The van der Waals surface area contributed by atoms with Crippen molar-refractivity contribution in [1.29, 1.82) is 0 Å². The maximum absolute atomic E-state index is 13.9. The van der Waals surface area contributed by atoms with Gasteiger partial charge in [-0.25, -0.2) is 14.6 Å². The number of carbonyl (C=O) groups is 4. The molecule has 4 aromatic rings. The van der Waals surface area contributed by atoms with Gasteiger partial charge in [-0.05, 0) is 98.7 Å². The van der Waals surface area contributed by atoms with E-state index in [0.717, 1.165) is 84.1 Å². The second-order valence-electron chi connectivity index (χ2n) is 15.1. The summed E-state index contributed by atoms with van der Waals surface area (Å²) < 4.78 is 20.5. The number of alkyl carbamates (subject to hydrolysis) is 2. The molecule has 7 rings (SSSR count). The lowest BCUT2D eigenvalue weighted by molar-refractivity contribution is -0.138. The lowest BCUT2D eigenvalue weighted by atomic mass is 10.00. The summed E-state index contributed by atoms with van der Waals surface area (Å²) in [4.78, 5) is 67.7. The number of imidazole rings is 1.